The average Bonchev–Trinajstić information content (AvgIpc) is 2.56. The first-order valence-corrected chi connectivity index (χ1v) is 5.76. The summed E-state index contributed by atoms with van der Waals surface area (Å²) in [7, 11) is 4.16. The summed E-state index contributed by atoms with van der Waals surface area (Å²) >= 11 is 0. The molecule has 0 aliphatic carbocycles. The minimum absolute atomic E-state index is 0.141. The fourth-order valence-electron chi connectivity index (χ4n) is 2.06. The van der Waals surface area contributed by atoms with Crippen LogP contribution in [0.2, 0.25) is 0 Å². The zero-order valence-corrected chi connectivity index (χ0v) is 10.5. The molecule has 0 radical (unpaired) electrons. The van der Waals surface area contributed by atoms with E-state index in [0.717, 1.165) is 6.42 Å². The van der Waals surface area contributed by atoms with Gasteiger partial charge in [-0.05, 0) is 38.4 Å². The van der Waals surface area contributed by atoms with E-state index in [4.69, 9.17) is 0 Å². The highest BCUT2D eigenvalue weighted by Gasteiger charge is 2.17. The van der Waals surface area contributed by atoms with E-state index >= 15 is 0 Å². The van der Waals surface area contributed by atoms with Gasteiger partial charge in [0.2, 0.25) is 0 Å². The number of para-hydroxylation sites is 1. The lowest BCUT2D eigenvalue weighted by molar-refractivity contribution is 0.414. The highest BCUT2D eigenvalue weighted by atomic mass is 15.0. The molecule has 0 bridgehead atoms. The summed E-state index contributed by atoms with van der Waals surface area (Å²) in [6, 6.07) is 10.8. The highest BCUT2D eigenvalue weighted by molar-refractivity contribution is 5.81. The van der Waals surface area contributed by atoms with Crippen LogP contribution in [0.1, 0.15) is 19.5 Å². The SMILES string of the molecule is CNC(C)(C)Cc1cc2ccccc2n1C. The second-order valence-corrected chi connectivity index (χ2v) is 5.06. The van der Waals surface area contributed by atoms with Crippen molar-refractivity contribution in [2.75, 3.05) is 7.05 Å². The van der Waals surface area contributed by atoms with E-state index in [1.807, 2.05) is 7.05 Å². The van der Waals surface area contributed by atoms with E-state index < -0.39 is 0 Å². The second-order valence-electron chi connectivity index (χ2n) is 5.06. The first kappa shape index (κ1) is 11.2. The number of aryl methyl sites for hydroxylation is 1. The predicted octanol–water partition coefficient (Wildman–Crippen LogP) is 2.72. The van der Waals surface area contributed by atoms with Crippen molar-refractivity contribution in [1.29, 1.82) is 0 Å². The summed E-state index contributed by atoms with van der Waals surface area (Å²) in [6.07, 6.45) is 1.04. The Labute approximate surface area is 97.3 Å². The Bertz CT molecular complexity index is 494. The molecular formula is C14H20N2. The molecule has 0 fully saturated rings. The van der Waals surface area contributed by atoms with Crippen LogP contribution < -0.4 is 5.32 Å². The molecule has 2 aromatic rings. The normalized spacial score (nSPS) is 12.2. The molecule has 0 aliphatic heterocycles. The fourth-order valence-corrected chi connectivity index (χ4v) is 2.06. The number of nitrogens with one attached hydrogen (secondary N) is 1. The average molecular weight is 216 g/mol. The Balaban J connectivity index is 2.42. The first-order valence-electron chi connectivity index (χ1n) is 5.76. The van der Waals surface area contributed by atoms with Gasteiger partial charge in [0.05, 0.1) is 0 Å². The molecule has 2 heteroatoms. The summed E-state index contributed by atoms with van der Waals surface area (Å²) in [5.41, 5.74) is 2.83. The minimum atomic E-state index is 0.141. The fraction of sp³-hybridized carbons (Fsp3) is 0.429. The van der Waals surface area contributed by atoms with Crippen molar-refractivity contribution in [2.24, 2.45) is 7.05 Å². The van der Waals surface area contributed by atoms with Gasteiger partial charge in [-0.15, -0.1) is 0 Å². The summed E-state index contributed by atoms with van der Waals surface area (Å²) in [6.45, 7) is 4.45. The zero-order valence-electron chi connectivity index (χ0n) is 10.5. The van der Waals surface area contributed by atoms with Gasteiger partial charge in [0.15, 0.2) is 0 Å². The van der Waals surface area contributed by atoms with E-state index in [2.05, 4.69) is 61.1 Å². The largest absolute Gasteiger partial charge is 0.348 e. The van der Waals surface area contributed by atoms with Gasteiger partial charge >= 0.3 is 0 Å². The molecule has 0 amide bonds. The van der Waals surface area contributed by atoms with Crippen LogP contribution in [0.15, 0.2) is 30.3 Å². The summed E-state index contributed by atoms with van der Waals surface area (Å²) in [4.78, 5) is 0. The van der Waals surface area contributed by atoms with Crippen molar-refractivity contribution in [3.8, 4) is 0 Å². The molecule has 2 rings (SSSR count). The maximum absolute atomic E-state index is 3.35. The third-order valence-corrected chi connectivity index (χ3v) is 3.35. The van der Waals surface area contributed by atoms with Crippen molar-refractivity contribution in [1.82, 2.24) is 9.88 Å². The van der Waals surface area contributed by atoms with Crippen molar-refractivity contribution in [2.45, 2.75) is 25.8 Å². The van der Waals surface area contributed by atoms with Crippen molar-refractivity contribution in [3.05, 3.63) is 36.0 Å². The van der Waals surface area contributed by atoms with Gasteiger partial charge in [-0.25, -0.2) is 0 Å². The van der Waals surface area contributed by atoms with Crippen LogP contribution in [-0.4, -0.2) is 17.2 Å². The molecule has 1 aromatic heterocycles. The van der Waals surface area contributed by atoms with Crippen LogP contribution in [0.4, 0.5) is 0 Å². The quantitative estimate of drug-likeness (QED) is 0.834. The third kappa shape index (κ3) is 1.98. The monoisotopic (exact) mass is 216 g/mol. The standard InChI is InChI=1S/C14H20N2/c1-14(2,15-3)10-12-9-11-7-5-6-8-13(11)16(12)4/h5-9,15H,10H2,1-4H3. The van der Waals surface area contributed by atoms with Crippen LogP contribution in [0, 0.1) is 0 Å². The zero-order chi connectivity index (χ0) is 11.8. The lowest BCUT2D eigenvalue weighted by atomic mass is 9.99. The van der Waals surface area contributed by atoms with E-state index in [1.165, 1.54) is 16.6 Å². The first-order chi connectivity index (χ1) is 7.53. The Morgan fingerprint density at radius 3 is 2.56 bits per heavy atom. The summed E-state index contributed by atoms with van der Waals surface area (Å²) < 4.78 is 2.29. The van der Waals surface area contributed by atoms with Crippen LogP contribution in [0.5, 0.6) is 0 Å². The van der Waals surface area contributed by atoms with E-state index in [0.29, 0.717) is 0 Å². The molecule has 0 saturated carbocycles. The smallest absolute Gasteiger partial charge is 0.0479 e. The van der Waals surface area contributed by atoms with Gasteiger partial charge in [0.1, 0.15) is 0 Å². The number of hydrogen-bond donors (Lipinski definition) is 1. The molecular weight excluding hydrogens is 196 g/mol. The molecule has 0 spiro atoms. The molecule has 2 nitrogen and oxygen atoms in total. The van der Waals surface area contributed by atoms with Gasteiger partial charge in [0, 0.05) is 30.2 Å². The van der Waals surface area contributed by atoms with Crippen LogP contribution >= 0.6 is 0 Å². The molecule has 0 aliphatic rings. The van der Waals surface area contributed by atoms with Crippen molar-refractivity contribution in [3.63, 3.8) is 0 Å². The molecule has 0 atom stereocenters. The molecule has 0 unspecified atom stereocenters. The topological polar surface area (TPSA) is 17.0 Å². The van der Waals surface area contributed by atoms with Gasteiger partial charge in [-0.2, -0.15) is 0 Å². The van der Waals surface area contributed by atoms with Crippen LogP contribution in [-0.2, 0) is 13.5 Å². The second kappa shape index (κ2) is 3.95. The van der Waals surface area contributed by atoms with Crippen molar-refractivity contribution < 1.29 is 0 Å². The van der Waals surface area contributed by atoms with Gasteiger partial charge < -0.3 is 9.88 Å². The molecule has 0 saturated heterocycles. The predicted molar refractivity (Wildman–Crippen MR) is 69.8 cm³/mol. The Morgan fingerprint density at radius 1 is 1.25 bits per heavy atom. The third-order valence-electron chi connectivity index (χ3n) is 3.35. The Morgan fingerprint density at radius 2 is 1.94 bits per heavy atom. The molecule has 16 heavy (non-hydrogen) atoms. The number of nitrogens with zero attached hydrogens (tertiary/aromatic N) is 1. The lowest BCUT2D eigenvalue weighted by Crippen LogP contribution is -2.38. The molecule has 86 valence electrons. The van der Waals surface area contributed by atoms with Gasteiger partial charge in [-0.1, -0.05) is 18.2 Å². The Kier molecular flexibility index (Phi) is 2.76. The maximum Gasteiger partial charge on any atom is 0.0479 e. The van der Waals surface area contributed by atoms with Crippen LogP contribution in [0.3, 0.4) is 0 Å². The lowest BCUT2D eigenvalue weighted by Gasteiger charge is -2.24. The Hall–Kier alpha value is -1.28. The molecule has 1 aromatic carbocycles. The molecule has 1 N–H and O–H groups in total. The van der Waals surface area contributed by atoms with Gasteiger partial charge in [0.25, 0.3) is 0 Å². The maximum atomic E-state index is 3.35. The summed E-state index contributed by atoms with van der Waals surface area (Å²) in [5.74, 6) is 0. The number of benzene rings is 1. The van der Waals surface area contributed by atoms with E-state index in [1.54, 1.807) is 0 Å². The van der Waals surface area contributed by atoms with E-state index in [9.17, 15) is 0 Å². The number of hydrogen-bond acceptors (Lipinski definition) is 1. The van der Waals surface area contributed by atoms with Gasteiger partial charge in [-0.3, -0.25) is 0 Å². The highest BCUT2D eigenvalue weighted by Crippen LogP contribution is 2.21. The number of fused-ring (bicyclic) bond motifs is 1. The number of aromatic nitrogens is 1. The number of rotatable bonds is 3. The number of likely N-dealkylation sites (N-methyl/N-ethyl adjacent to an activating group) is 1. The molecule has 1 heterocycles. The van der Waals surface area contributed by atoms with E-state index in [-0.39, 0.29) is 5.54 Å². The van der Waals surface area contributed by atoms with Crippen LogP contribution in [0.25, 0.3) is 10.9 Å². The minimum Gasteiger partial charge on any atom is -0.348 e. The van der Waals surface area contributed by atoms with Crippen molar-refractivity contribution >= 4 is 10.9 Å². The summed E-state index contributed by atoms with van der Waals surface area (Å²) in [5, 5.41) is 4.67.